The number of esters is 1. The first-order chi connectivity index (χ1) is 12.3. The van der Waals surface area contributed by atoms with Crippen LogP contribution in [0.1, 0.15) is 39.4 Å². The lowest BCUT2D eigenvalue weighted by atomic mass is 9.91. The zero-order valence-electron chi connectivity index (χ0n) is 15.2. The molecule has 0 unspecified atom stereocenters. The second-order valence-electron chi connectivity index (χ2n) is 7.42. The maximum Gasteiger partial charge on any atom is 0.309 e. The van der Waals surface area contributed by atoms with Gasteiger partial charge in [0.15, 0.2) is 6.61 Å². The molecule has 0 atom stereocenters. The van der Waals surface area contributed by atoms with E-state index in [0.717, 1.165) is 4.88 Å². The molecule has 0 spiro atoms. The van der Waals surface area contributed by atoms with Crippen LogP contribution in [0, 0.1) is 11.3 Å². The van der Waals surface area contributed by atoms with Crippen LogP contribution in [0.4, 0.5) is 0 Å². The molecule has 1 aliphatic heterocycles. The first kappa shape index (κ1) is 18.6. The highest BCUT2D eigenvalue weighted by atomic mass is 32.1. The Morgan fingerprint density at radius 3 is 2.69 bits per heavy atom. The summed E-state index contributed by atoms with van der Waals surface area (Å²) in [5, 5.41) is 5.77. The minimum absolute atomic E-state index is 0.00511. The van der Waals surface area contributed by atoms with Crippen molar-refractivity contribution in [2.75, 3.05) is 13.1 Å². The van der Waals surface area contributed by atoms with Crippen molar-refractivity contribution in [3.05, 3.63) is 23.3 Å². The number of ether oxygens (including phenoxy) is 1. The van der Waals surface area contributed by atoms with E-state index >= 15 is 0 Å². The molecule has 0 aliphatic carbocycles. The molecule has 3 heterocycles. The highest BCUT2D eigenvalue weighted by Gasteiger charge is 2.33. The summed E-state index contributed by atoms with van der Waals surface area (Å²) in [6.07, 6.45) is 1.24. The number of piperidine rings is 1. The molecule has 0 radical (unpaired) electrons. The Hall–Kier alpha value is -2.22. The molecule has 0 aromatic carbocycles. The predicted octanol–water partition coefficient (Wildman–Crippen LogP) is 3.13. The van der Waals surface area contributed by atoms with Gasteiger partial charge in [-0.2, -0.15) is 4.98 Å². The fourth-order valence-electron chi connectivity index (χ4n) is 2.86. The molecule has 140 valence electrons. The van der Waals surface area contributed by atoms with Gasteiger partial charge in [-0.05, 0) is 24.3 Å². The lowest BCUT2D eigenvalue weighted by Gasteiger charge is -2.34. The number of nitrogens with zero attached hydrogens (tertiary/aromatic N) is 3. The topological polar surface area (TPSA) is 85.5 Å². The van der Waals surface area contributed by atoms with Crippen molar-refractivity contribution in [2.24, 2.45) is 11.3 Å². The molecule has 1 fully saturated rings. The number of hydrogen-bond donors (Lipinski definition) is 0. The van der Waals surface area contributed by atoms with Crippen molar-refractivity contribution in [1.29, 1.82) is 0 Å². The Labute approximate surface area is 156 Å². The third-order valence-electron chi connectivity index (χ3n) is 4.30. The first-order valence-electron chi connectivity index (χ1n) is 8.67. The lowest BCUT2D eigenvalue weighted by molar-refractivity contribution is -0.154. The van der Waals surface area contributed by atoms with Crippen LogP contribution in [-0.4, -0.2) is 40.0 Å². The number of aromatic nitrogens is 2. The Morgan fingerprint density at radius 1 is 1.35 bits per heavy atom. The predicted molar refractivity (Wildman–Crippen MR) is 96.2 cm³/mol. The number of hydrogen-bond acceptors (Lipinski definition) is 7. The van der Waals surface area contributed by atoms with Gasteiger partial charge in [0.25, 0.3) is 5.89 Å². The van der Waals surface area contributed by atoms with Crippen LogP contribution >= 0.6 is 11.3 Å². The number of likely N-dealkylation sites (tertiary alicyclic amines) is 1. The maximum atomic E-state index is 12.3. The molecule has 0 saturated carbocycles. The number of amides is 1. The smallest absolute Gasteiger partial charge is 0.309 e. The van der Waals surface area contributed by atoms with Gasteiger partial charge in [-0.25, -0.2) is 0 Å². The van der Waals surface area contributed by atoms with Crippen LogP contribution in [-0.2, 0) is 20.9 Å². The summed E-state index contributed by atoms with van der Waals surface area (Å²) in [5.41, 5.74) is -0.397. The monoisotopic (exact) mass is 377 g/mol. The number of rotatable bonds is 4. The van der Waals surface area contributed by atoms with Crippen LogP contribution in [0.25, 0.3) is 10.8 Å². The summed E-state index contributed by atoms with van der Waals surface area (Å²) in [5.74, 6) is 0.442. The van der Waals surface area contributed by atoms with E-state index in [0.29, 0.717) is 37.6 Å². The molecule has 2 aromatic rings. The van der Waals surface area contributed by atoms with E-state index < -0.39 is 5.41 Å². The SMILES string of the molecule is CC(C)(C)C(=O)N1CCC(C(=O)OCc2noc(-c3cccs3)n2)CC1. The summed E-state index contributed by atoms with van der Waals surface area (Å²) in [4.78, 5) is 31.5. The molecular weight excluding hydrogens is 354 g/mol. The summed E-state index contributed by atoms with van der Waals surface area (Å²) < 4.78 is 10.5. The molecule has 1 aliphatic rings. The Bertz CT molecular complexity index is 756. The van der Waals surface area contributed by atoms with E-state index in [2.05, 4.69) is 10.1 Å². The molecule has 7 nitrogen and oxygen atoms in total. The van der Waals surface area contributed by atoms with Crippen molar-refractivity contribution >= 4 is 23.2 Å². The highest BCUT2D eigenvalue weighted by Crippen LogP contribution is 2.25. The molecule has 1 amide bonds. The number of carbonyl (C=O) groups excluding carboxylic acids is 2. The van der Waals surface area contributed by atoms with Gasteiger partial charge >= 0.3 is 5.97 Å². The molecule has 0 N–H and O–H groups in total. The third kappa shape index (κ3) is 4.30. The number of thiophene rings is 1. The van der Waals surface area contributed by atoms with E-state index in [1.807, 2.05) is 43.2 Å². The minimum atomic E-state index is -0.397. The quantitative estimate of drug-likeness (QED) is 0.761. The molecular formula is C18H23N3O4S. The Kier molecular flexibility index (Phi) is 5.41. The Balaban J connectivity index is 1.47. The lowest BCUT2D eigenvalue weighted by Crippen LogP contribution is -2.45. The van der Waals surface area contributed by atoms with Gasteiger partial charge in [0.2, 0.25) is 11.7 Å². The molecule has 3 rings (SSSR count). The fraction of sp³-hybridized carbons (Fsp3) is 0.556. The van der Waals surface area contributed by atoms with Crippen molar-refractivity contribution in [1.82, 2.24) is 15.0 Å². The molecule has 8 heteroatoms. The van der Waals surface area contributed by atoms with E-state index in [-0.39, 0.29) is 24.4 Å². The van der Waals surface area contributed by atoms with Crippen LogP contribution < -0.4 is 0 Å². The van der Waals surface area contributed by atoms with Gasteiger partial charge in [0, 0.05) is 18.5 Å². The zero-order chi connectivity index (χ0) is 18.7. The van der Waals surface area contributed by atoms with Crippen LogP contribution in [0.2, 0.25) is 0 Å². The molecule has 26 heavy (non-hydrogen) atoms. The van der Waals surface area contributed by atoms with Crippen LogP contribution in [0.5, 0.6) is 0 Å². The second kappa shape index (κ2) is 7.57. The van der Waals surface area contributed by atoms with Gasteiger partial charge in [0.1, 0.15) is 0 Å². The largest absolute Gasteiger partial charge is 0.457 e. The van der Waals surface area contributed by atoms with Gasteiger partial charge < -0.3 is 14.2 Å². The number of carbonyl (C=O) groups is 2. The summed E-state index contributed by atoms with van der Waals surface area (Å²) >= 11 is 1.50. The maximum absolute atomic E-state index is 12.3. The van der Waals surface area contributed by atoms with Crippen molar-refractivity contribution < 1.29 is 18.8 Å². The first-order valence-corrected chi connectivity index (χ1v) is 9.55. The van der Waals surface area contributed by atoms with Gasteiger partial charge in [-0.15, -0.1) is 11.3 Å². The van der Waals surface area contributed by atoms with E-state index in [4.69, 9.17) is 9.26 Å². The molecule has 0 bridgehead atoms. The van der Waals surface area contributed by atoms with Crippen LogP contribution in [0.15, 0.2) is 22.0 Å². The van der Waals surface area contributed by atoms with E-state index in [1.165, 1.54) is 11.3 Å². The average Bonchev–Trinajstić information content (AvgIpc) is 3.29. The molecule has 2 aromatic heterocycles. The fourth-order valence-corrected chi connectivity index (χ4v) is 3.50. The van der Waals surface area contributed by atoms with Gasteiger partial charge in [0.05, 0.1) is 10.8 Å². The van der Waals surface area contributed by atoms with Gasteiger partial charge in [-0.3, -0.25) is 9.59 Å². The van der Waals surface area contributed by atoms with Crippen molar-refractivity contribution in [3.8, 4) is 10.8 Å². The second-order valence-corrected chi connectivity index (χ2v) is 8.36. The third-order valence-corrected chi connectivity index (χ3v) is 5.16. The normalized spacial score (nSPS) is 15.9. The van der Waals surface area contributed by atoms with E-state index in [1.54, 1.807) is 0 Å². The van der Waals surface area contributed by atoms with E-state index in [9.17, 15) is 9.59 Å². The minimum Gasteiger partial charge on any atom is -0.457 e. The van der Waals surface area contributed by atoms with Crippen LogP contribution in [0.3, 0.4) is 0 Å². The Morgan fingerprint density at radius 2 is 2.08 bits per heavy atom. The van der Waals surface area contributed by atoms with Crippen molar-refractivity contribution in [2.45, 2.75) is 40.2 Å². The van der Waals surface area contributed by atoms with Gasteiger partial charge in [-0.1, -0.05) is 32.0 Å². The molecule has 1 saturated heterocycles. The highest BCUT2D eigenvalue weighted by molar-refractivity contribution is 7.13. The zero-order valence-corrected chi connectivity index (χ0v) is 16.0. The summed E-state index contributed by atoms with van der Waals surface area (Å²) in [6, 6.07) is 3.79. The standard InChI is InChI=1S/C18H23N3O4S/c1-18(2,3)17(23)21-8-6-12(7-9-21)16(22)24-11-14-19-15(25-20-14)13-5-4-10-26-13/h4-5,10,12H,6-9,11H2,1-3H3. The average molecular weight is 377 g/mol. The van der Waals surface area contributed by atoms with Crippen molar-refractivity contribution in [3.63, 3.8) is 0 Å². The summed E-state index contributed by atoms with van der Waals surface area (Å²) in [7, 11) is 0. The summed E-state index contributed by atoms with van der Waals surface area (Å²) in [6.45, 7) is 6.89.